The molecule has 0 saturated carbocycles. The standard InChI is InChI=1S/C16H22N8O2S/c1-22(2)14(26)10-13-20-21-16(27-13)19-12(25)11-23-6-8-24(9-7-23)15-17-4-3-5-18-15/h3-5H,6-11H2,1-2H3,(H,19,21,25). The van der Waals surface area contributed by atoms with Crippen molar-refractivity contribution in [1.29, 1.82) is 0 Å². The van der Waals surface area contributed by atoms with Crippen molar-refractivity contribution in [3.05, 3.63) is 23.5 Å². The lowest BCUT2D eigenvalue weighted by molar-refractivity contribution is -0.128. The Labute approximate surface area is 161 Å². The summed E-state index contributed by atoms with van der Waals surface area (Å²) in [5, 5.41) is 11.6. The van der Waals surface area contributed by atoms with Gasteiger partial charge in [0.25, 0.3) is 0 Å². The van der Waals surface area contributed by atoms with Gasteiger partial charge in [-0.2, -0.15) is 0 Å². The summed E-state index contributed by atoms with van der Waals surface area (Å²) in [5.74, 6) is 0.528. The predicted molar refractivity (Wildman–Crippen MR) is 102 cm³/mol. The van der Waals surface area contributed by atoms with Crippen LogP contribution in [0.2, 0.25) is 0 Å². The van der Waals surface area contributed by atoms with Crippen molar-refractivity contribution in [2.45, 2.75) is 6.42 Å². The highest BCUT2D eigenvalue weighted by molar-refractivity contribution is 7.15. The maximum absolute atomic E-state index is 12.2. The molecule has 0 bridgehead atoms. The summed E-state index contributed by atoms with van der Waals surface area (Å²) < 4.78 is 0. The molecule has 0 aromatic carbocycles. The molecule has 1 aliphatic heterocycles. The molecule has 0 unspecified atom stereocenters. The van der Waals surface area contributed by atoms with Crippen molar-refractivity contribution in [2.24, 2.45) is 0 Å². The van der Waals surface area contributed by atoms with Crippen molar-refractivity contribution >= 4 is 34.2 Å². The average molecular weight is 390 g/mol. The summed E-state index contributed by atoms with van der Waals surface area (Å²) in [6, 6.07) is 1.79. The highest BCUT2D eigenvalue weighted by Gasteiger charge is 2.21. The molecular weight excluding hydrogens is 368 g/mol. The van der Waals surface area contributed by atoms with Gasteiger partial charge in [-0.1, -0.05) is 11.3 Å². The third-order valence-electron chi connectivity index (χ3n) is 4.09. The molecule has 0 aliphatic carbocycles. The number of hydrogen-bond donors (Lipinski definition) is 1. The van der Waals surface area contributed by atoms with Gasteiger partial charge in [0.05, 0.1) is 13.0 Å². The summed E-state index contributed by atoms with van der Waals surface area (Å²) >= 11 is 1.22. The molecule has 1 aliphatic rings. The van der Waals surface area contributed by atoms with Crippen LogP contribution in [-0.4, -0.2) is 88.6 Å². The quantitative estimate of drug-likeness (QED) is 0.718. The fraction of sp³-hybridized carbons (Fsp3) is 0.500. The molecule has 144 valence electrons. The van der Waals surface area contributed by atoms with Crippen molar-refractivity contribution in [2.75, 3.05) is 57.0 Å². The number of carbonyl (C=O) groups excluding carboxylic acids is 2. The van der Waals surface area contributed by atoms with E-state index >= 15 is 0 Å². The Kier molecular flexibility index (Phi) is 6.24. The van der Waals surface area contributed by atoms with Gasteiger partial charge in [0.2, 0.25) is 22.9 Å². The van der Waals surface area contributed by atoms with Crippen LogP contribution in [-0.2, 0) is 16.0 Å². The number of hydrogen-bond acceptors (Lipinski definition) is 9. The van der Waals surface area contributed by atoms with Crippen LogP contribution in [0.15, 0.2) is 18.5 Å². The lowest BCUT2D eigenvalue weighted by atomic mass is 10.3. The zero-order valence-corrected chi connectivity index (χ0v) is 16.1. The van der Waals surface area contributed by atoms with Gasteiger partial charge in [0, 0.05) is 52.7 Å². The van der Waals surface area contributed by atoms with Crippen molar-refractivity contribution in [3.8, 4) is 0 Å². The lowest BCUT2D eigenvalue weighted by Gasteiger charge is -2.34. The van der Waals surface area contributed by atoms with E-state index in [1.807, 2.05) is 0 Å². The number of amides is 2. The Bertz CT molecular complexity index is 774. The molecule has 1 N–H and O–H groups in total. The van der Waals surface area contributed by atoms with Gasteiger partial charge in [-0.05, 0) is 6.07 Å². The number of carbonyl (C=O) groups is 2. The number of nitrogens with zero attached hydrogens (tertiary/aromatic N) is 7. The second-order valence-corrected chi connectivity index (χ2v) is 7.39. The zero-order valence-electron chi connectivity index (χ0n) is 15.3. The smallest absolute Gasteiger partial charge is 0.240 e. The van der Waals surface area contributed by atoms with Crippen LogP contribution in [0.25, 0.3) is 0 Å². The molecule has 10 nitrogen and oxygen atoms in total. The summed E-state index contributed by atoms with van der Waals surface area (Å²) in [7, 11) is 3.38. The molecule has 0 spiro atoms. The van der Waals surface area contributed by atoms with E-state index in [-0.39, 0.29) is 24.8 Å². The SMILES string of the molecule is CN(C)C(=O)Cc1nnc(NC(=O)CN2CCN(c3ncccn3)CC2)s1. The van der Waals surface area contributed by atoms with Gasteiger partial charge in [-0.15, -0.1) is 10.2 Å². The Hall–Kier alpha value is -2.66. The maximum Gasteiger partial charge on any atom is 0.240 e. The van der Waals surface area contributed by atoms with E-state index in [4.69, 9.17) is 0 Å². The van der Waals surface area contributed by atoms with Crippen LogP contribution >= 0.6 is 11.3 Å². The lowest BCUT2D eigenvalue weighted by Crippen LogP contribution is -2.49. The normalized spacial score (nSPS) is 14.8. The average Bonchev–Trinajstić information content (AvgIpc) is 3.09. The molecule has 3 rings (SSSR count). The van der Waals surface area contributed by atoms with E-state index < -0.39 is 0 Å². The Morgan fingerprint density at radius 1 is 1.15 bits per heavy atom. The number of aromatic nitrogens is 4. The van der Waals surface area contributed by atoms with Crippen LogP contribution in [0.5, 0.6) is 0 Å². The number of nitrogens with one attached hydrogen (secondary N) is 1. The summed E-state index contributed by atoms with van der Waals surface area (Å²) in [5.41, 5.74) is 0. The first kappa shape index (κ1) is 19.1. The van der Waals surface area contributed by atoms with Crippen molar-refractivity contribution in [1.82, 2.24) is 30.0 Å². The van der Waals surface area contributed by atoms with Crippen LogP contribution in [0.1, 0.15) is 5.01 Å². The summed E-state index contributed by atoms with van der Waals surface area (Å²) in [4.78, 5) is 38.1. The molecule has 1 saturated heterocycles. The van der Waals surface area contributed by atoms with Crippen molar-refractivity contribution < 1.29 is 9.59 Å². The molecule has 27 heavy (non-hydrogen) atoms. The van der Waals surface area contributed by atoms with E-state index in [0.29, 0.717) is 10.1 Å². The minimum atomic E-state index is -0.138. The Morgan fingerprint density at radius 3 is 2.52 bits per heavy atom. The maximum atomic E-state index is 12.2. The van der Waals surface area contributed by atoms with E-state index in [0.717, 1.165) is 32.1 Å². The number of anilines is 2. The van der Waals surface area contributed by atoms with E-state index in [1.54, 1.807) is 32.6 Å². The van der Waals surface area contributed by atoms with E-state index in [1.165, 1.54) is 16.2 Å². The number of likely N-dealkylation sites (N-methyl/N-ethyl adjacent to an activating group) is 1. The molecule has 2 amide bonds. The molecule has 0 radical (unpaired) electrons. The minimum absolute atomic E-state index is 0.0516. The largest absolute Gasteiger partial charge is 0.348 e. The van der Waals surface area contributed by atoms with Crippen molar-refractivity contribution in [3.63, 3.8) is 0 Å². The molecule has 1 fully saturated rings. The molecule has 2 aromatic heterocycles. The van der Waals surface area contributed by atoms with Gasteiger partial charge in [-0.3, -0.25) is 19.8 Å². The summed E-state index contributed by atoms with van der Waals surface area (Å²) in [6.07, 6.45) is 3.64. The topological polar surface area (TPSA) is 107 Å². The molecule has 2 aromatic rings. The van der Waals surface area contributed by atoms with Gasteiger partial charge >= 0.3 is 0 Å². The van der Waals surface area contributed by atoms with E-state index in [2.05, 4.69) is 35.3 Å². The first-order chi connectivity index (χ1) is 13.0. The fourth-order valence-electron chi connectivity index (χ4n) is 2.59. The molecule has 0 atom stereocenters. The Morgan fingerprint density at radius 2 is 1.85 bits per heavy atom. The third kappa shape index (κ3) is 5.41. The highest BCUT2D eigenvalue weighted by atomic mass is 32.1. The van der Waals surface area contributed by atoms with Gasteiger partial charge in [-0.25, -0.2) is 9.97 Å². The van der Waals surface area contributed by atoms with Gasteiger partial charge < -0.3 is 9.80 Å². The van der Waals surface area contributed by atoms with Crippen LogP contribution < -0.4 is 10.2 Å². The van der Waals surface area contributed by atoms with Crippen LogP contribution in [0, 0.1) is 0 Å². The fourth-order valence-corrected chi connectivity index (χ4v) is 3.33. The number of piperazine rings is 1. The number of rotatable bonds is 6. The van der Waals surface area contributed by atoms with Crippen LogP contribution in [0.4, 0.5) is 11.1 Å². The molecule has 11 heteroatoms. The second-order valence-electron chi connectivity index (χ2n) is 6.33. The second kappa shape index (κ2) is 8.82. The molecule has 3 heterocycles. The first-order valence-corrected chi connectivity index (χ1v) is 9.39. The monoisotopic (exact) mass is 390 g/mol. The van der Waals surface area contributed by atoms with E-state index in [9.17, 15) is 9.59 Å². The molecular formula is C16H22N8O2S. The first-order valence-electron chi connectivity index (χ1n) is 8.58. The summed E-state index contributed by atoms with van der Waals surface area (Å²) in [6.45, 7) is 3.34. The third-order valence-corrected chi connectivity index (χ3v) is 4.93. The highest BCUT2D eigenvalue weighted by Crippen LogP contribution is 2.16. The predicted octanol–water partition coefficient (Wildman–Crippen LogP) is -0.280. The zero-order chi connectivity index (χ0) is 19.2. The Balaban J connectivity index is 1.44. The van der Waals surface area contributed by atoms with Gasteiger partial charge in [0.1, 0.15) is 5.01 Å². The van der Waals surface area contributed by atoms with Gasteiger partial charge in [0.15, 0.2) is 0 Å². The van der Waals surface area contributed by atoms with Crippen LogP contribution in [0.3, 0.4) is 0 Å². The minimum Gasteiger partial charge on any atom is -0.348 e.